The molecular weight excluding hydrogens is 364 g/mol. The number of nitrogens with one attached hydrogen (secondary N) is 2. The third kappa shape index (κ3) is 3.93. The second-order valence-corrected chi connectivity index (χ2v) is 6.77. The second-order valence-electron chi connectivity index (χ2n) is 5.82. The van der Waals surface area contributed by atoms with E-state index in [1.807, 2.05) is 11.4 Å². The number of benzene rings is 2. The second kappa shape index (κ2) is 7.51. The van der Waals surface area contributed by atoms with E-state index in [2.05, 4.69) is 10.6 Å². The lowest BCUT2D eigenvalue weighted by atomic mass is 10.2. The number of ether oxygens (including phenoxy) is 2. The van der Waals surface area contributed by atoms with E-state index in [-0.39, 0.29) is 11.8 Å². The molecule has 6 nitrogen and oxygen atoms in total. The van der Waals surface area contributed by atoms with Crippen LogP contribution in [0.4, 0.5) is 11.4 Å². The zero-order chi connectivity index (χ0) is 18.6. The summed E-state index contributed by atoms with van der Waals surface area (Å²) in [5.41, 5.74) is 1.74. The summed E-state index contributed by atoms with van der Waals surface area (Å²) in [5.74, 6) is 0.872. The van der Waals surface area contributed by atoms with Crippen LogP contribution in [0.15, 0.2) is 60.0 Å². The van der Waals surface area contributed by atoms with Crippen molar-refractivity contribution in [2.75, 3.05) is 23.8 Å². The Morgan fingerprint density at radius 2 is 1.52 bits per heavy atom. The molecule has 0 radical (unpaired) electrons. The number of thiophene rings is 1. The van der Waals surface area contributed by atoms with Crippen molar-refractivity contribution in [2.24, 2.45) is 0 Å². The van der Waals surface area contributed by atoms with Crippen molar-refractivity contribution in [3.63, 3.8) is 0 Å². The van der Waals surface area contributed by atoms with Crippen molar-refractivity contribution >= 4 is 34.5 Å². The highest BCUT2D eigenvalue weighted by molar-refractivity contribution is 7.12. The van der Waals surface area contributed by atoms with Crippen LogP contribution in [0.25, 0.3) is 0 Å². The normalized spacial score (nSPS) is 12.3. The molecule has 27 heavy (non-hydrogen) atoms. The topological polar surface area (TPSA) is 76.7 Å². The van der Waals surface area contributed by atoms with Gasteiger partial charge in [0.25, 0.3) is 11.8 Å². The van der Waals surface area contributed by atoms with Crippen LogP contribution in [0.2, 0.25) is 0 Å². The fourth-order valence-corrected chi connectivity index (χ4v) is 3.25. The van der Waals surface area contributed by atoms with Gasteiger partial charge >= 0.3 is 0 Å². The highest BCUT2D eigenvalue weighted by Crippen LogP contribution is 2.32. The van der Waals surface area contributed by atoms with E-state index in [1.54, 1.807) is 48.5 Å². The third-order valence-electron chi connectivity index (χ3n) is 3.95. The molecule has 1 aliphatic heterocycles. The van der Waals surface area contributed by atoms with E-state index in [1.165, 1.54) is 11.3 Å². The predicted octanol–water partition coefficient (Wildman–Crippen LogP) is 4.02. The molecule has 0 fully saturated rings. The first-order valence-electron chi connectivity index (χ1n) is 8.35. The maximum Gasteiger partial charge on any atom is 0.265 e. The Kier molecular flexibility index (Phi) is 4.76. The Hall–Kier alpha value is -3.32. The quantitative estimate of drug-likeness (QED) is 0.717. The molecule has 2 amide bonds. The molecule has 0 saturated heterocycles. The monoisotopic (exact) mass is 380 g/mol. The van der Waals surface area contributed by atoms with Gasteiger partial charge in [0.1, 0.15) is 13.2 Å². The van der Waals surface area contributed by atoms with E-state index in [4.69, 9.17) is 9.47 Å². The molecule has 0 atom stereocenters. The minimum Gasteiger partial charge on any atom is -0.486 e. The van der Waals surface area contributed by atoms with Crippen molar-refractivity contribution in [3.05, 3.63) is 70.4 Å². The standard InChI is InChI=1S/C20H16N2O4S/c23-19(22-15-7-8-16-17(12-15)26-10-9-25-16)13-3-5-14(6-4-13)21-20(24)18-2-1-11-27-18/h1-8,11-12H,9-10H2,(H,21,24)(H,22,23). The minimum atomic E-state index is -0.247. The summed E-state index contributed by atoms with van der Waals surface area (Å²) in [6, 6.07) is 15.6. The first kappa shape index (κ1) is 17.1. The highest BCUT2D eigenvalue weighted by atomic mass is 32.1. The molecule has 2 heterocycles. The Morgan fingerprint density at radius 3 is 2.26 bits per heavy atom. The molecule has 0 unspecified atom stereocenters. The summed E-state index contributed by atoms with van der Waals surface area (Å²) in [5, 5.41) is 7.48. The molecule has 0 spiro atoms. The molecule has 136 valence electrons. The Bertz CT molecular complexity index is 968. The lowest BCUT2D eigenvalue weighted by molar-refractivity contribution is 0.102. The molecule has 0 saturated carbocycles. The van der Waals surface area contributed by atoms with Crippen LogP contribution in [0, 0.1) is 0 Å². The largest absolute Gasteiger partial charge is 0.486 e. The molecule has 2 N–H and O–H groups in total. The third-order valence-corrected chi connectivity index (χ3v) is 4.82. The van der Waals surface area contributed by atoms with Crippen molar-refractivity contribution in [1.29, 1.82) is 0 Å². The lowest BCUT2D eigenvalue weighted by Gasteiger charge is -2.19. The number of rotatable bonds is 4. The van der Waals surface area contributed by atoms with Crippen molar-refractivity contribution in [3.8, 4) is 11.5 Å². The number of carbonyl (C=O) groups excluding carboxylic acids is 2. The number of carbonyl (C=O) groups is 2. The van der Waals surface area contributed by atoms with Crippen LogP contribution in [0.5, 0.6) is 11.5 Å². The Morgan fingerprint density at radius 1 is 0.815 bits per heavy atom. The van der Waals surface area contributed by atoms with E-state index < -0.39 is 0 Å². The van der Waals surface area contributed by atoms with E-state index in [9.17, 15) is 9.59 Å². The van der Waals surface area contributed by atoms with Gasteiger partial charge < -0.3 is 20.1 Å². The molecule has 2 aromatic carbocycles. The van der Waals surface area contributed by atoms with Gasteiger partial charge in [-0.05, 0) is 47.8 Å². The number of amides is 2. The maximum absolute atomic E-state index is 12.4. The van der Waals surface area contributed by atoms with E-state index >= 15 is 0 Å². The fourth-order valence-electron chi connectivity index (χ4n) is 2.63. The average Bonchev–Trinajstić information content (AvgIpc) is 3.23. The zero-order valence-electron chi connectivity index (χ0n) is 14.2. The van der Waals surface area contributed by atoms with E-state index in [0.29, 0.717) is 46.5 Å². The number of anilines is 2. The van der Waals surface area contributed by atoms with Gasteiger partial charge in [0.15, 0.2) is 11.5 Å². The van der Waals surface area contributed by atoms with Gasteiger partial charge in [-0.2, -0.15) is 0 Å². The molecule has 0 bridgehead atoms. The lowest BCUT2D eigenvalue weighted by Crippen LogP contribution is -2.16. The molecule has 7 heteroatoms. The van der Waals surface area contributed by atoms with Crippen LogP contribution >= 0.6 is 11.3 Å². The molecule has 0 aliphatic carbocycles. The number of hydrogen-bond donors (Lipinski definition) is 2. The van der Waals surface area contributed by atoms with Gasteiger partial charge in [0.05, 0.1) is 4.88 Å². The van der Waals surface area contributed by atoms with Crippen LogP contribution < -0.4 is 20.1 Å². The van der Waals surface area contributed by atoms with Gasteiger partial charge in [-0.15, -0.1) is 11.3 Å². The first-order chi connectivity index (χ1) is 13.2. The summed E-state index contributed by atoms with van der Waals surface area (Å²) < 4.78 is 11.0. The maximum atomic E-state index is 12.4. The summed E-state index contributed by atoms with van der Waals surface area (Å²) in [7, 11) is 0. The summed E-state index contributed by atoms with van der Waals surface area (Å²) in [6.45, 7) is 1.01. The number of fused-ring (bicyclic) bond motifs is 1. The van der Waals surface area contributed by atoms with Gasteiger partial charge in [-0.25, -0.2) is 0 Å². The van der Waals surface area contributed by atoms with Crippen LogP contribution in [-0.2, 0) is 0 Å². The van der Waals surface area contributed by atoms with E-state index in [0.717, 1.165) is 0 Å². The molecule has 4 rings (SSSR count). The highest BCUT2D eigenvalue weighted by Gasteiger charge is 2.14. The van der Waals surface area contributed by atoms with Gasteiger partial charge in [-0.1, -0.05) is 6.07 Å². The summed E-state index contributed by atoms with van der Waals surface area (Å²) >= 11 is 1.37. The van der Waals surface area contributed by atoms with Crippen molar-refractivity contribution in [2.45, 2.75) is 0 Å². The molecule has 1 aromatic heterocycles. The average molecular weight is 380 g/mol. The summed E-state index contributed by atoms with van der Waals surface area (Å²) in [6.07, 6.45) is 0. The molecular formula is C20H16N2O4S. The van der Waals surface area contributed by atoms with Crippen LogP contribution in [0.3, 0.4) is 0 Å². The fraction of sp³-hybridized carbons (Fsp3) is 0.100. The Balaban J connectivity index is 1.41. The predicted molar refractivity (Wildman–Crippen MR) is 104 cm³/mol. The van der Waals surface area contributed by atoms with Gasteiger partial charge in [0.2, 0.25) is 0 Å². The summed E-state index contributed by atoms with van der Waals surface area (Å²) in [4.78, 5) is 25.1. The van der Waals surface area contributed by atoms with Crippen molar-refractivity contribution in [1.82, 2.24) is 0 Å². The number of hydrogen-bond acceptors (Lipinski definition) is 5. The zero-order valence-corrected chi connectivity index (χ0v) is 15.0. The first-order valence-corrected chi connectivity index (χ1v) is 9.23. The smallest absolute Gasteiger partial charge is 0.265 e. The molecule has 1 aliphatic rings. The van der Waals surface area contributed by atoms with Crippen LogP contribution in [-0.4, -0.2) is 25.0 Å². The van der Waals surface area contributed by atoms with Crippen LogP contribution in [0.1, 0.15) is 20.0 Å². The van der Waals surface area contributed by atoms with Gasteiger partial charge in [0, 0.05) is 23.0 Å². The molecule has 3 aromatic rings. The van der Waals surface area contributed by atoms with Crippen molar-refractivity contribution < 1.29 is 19.1 Å². The Labute approximate surface area is 159 Å². The SMILES string of the molecule is O=C(Nc1ccc2c(c1)OCCO2)c1ccc(NC(=O)c2cccs2)cc1. The minimum absolute atomic E-state index is 0.168. The van der Waals surface area contributed by atoms with Gasteiger partial charge in [-0.3, -0.25) is 9.59 Å².